The lowest BCUT2D eigenvalue weighted by Crippen LogP contribution is -2.49. The molecule has 1 atom stereocenters. The number of hydrogen-bond acceptors (Lipinski definition) is 3. The Hall–Kier alpha value is -2.68. The normalized spacial score (nSPS) is 18.8. The van der Waals surface area contributed by atoms with Crippen molar-refractivity contribution >= 4 is 5.97 Å². The van der Waals surface area contributed by atoms with Crippen molar-refractivity contribution < 1.29 is 36.6 Å². The van der Waals surface area contributed by atoms with Crippen LogP contribution in [0, 0.1) is 11.7 Å². The van der Waals surface area contributed by atoms with Crippen molar-refractivity contribution in [3.8, 4) is 5.75 Å². The average molecular weight is 469 g/mol. The van der Waals surface area contributed by atoms with Gasteiger partial charge in [0.15, 0.2) is 0 Å². The molecule has 33 heavy (non-hydrogen) atoms. The summed E-state index contributed by atoms with van der Waals surface area (Å²) in [6.07, 6.45) is -3.70. The predicted octanol–water partition coefficient (Wildman–Crippen LogP) is 6.07. The van der Waals surface area contributed by atoms with Gasteiger partial charge in [-0.15, -0.1) is 0 Å². The molecule has 4 nitrogen and oxygen atoms in total. The third-order valence-corrected chi connectivity index (χ3v) is 6.40. The van der Waals surface area contributed by atoms with Gasteiger partial charge in [-0.3, -0.25) is 9.69 Å². The minimum Gasteiger partial charge on any atom is -0.481 e. The van der Waals surface area contributed by atoms with Crippen molar-refractivity contribution in [1.29, 1.82) is 0 Å². The molecule has 4 rings (SSSR count). The second-order valence-corrected chi connectivity index (χ2v) is 8.74. The van der Waals surface area contributed by atoms with Gasteiger partial charge in [-0.2, -0.15) is 17.6 Å². The minimum atomic E-state index is -4.61. The van der Waals surface area contributed by atoms with E-state index in [9.17, 15) is 26.7 Å². The first-order valence-corrected chi connectivity index (χ1v) is 10.9. The summed E-state index contributed by atoms with van der Waals surface area (Å²) in [6, 6.07) is 7.12. The van der Waals surface area contributed by atoms with Crippen molar-refractivity contribution in [2.75, 3.05) is 13.1 Å². The molecule has 2 fully saturated rings. The lowest BCUT2D eigenvalue weighted by molar-refractivity contribution is -0.147. The molecule has 2 aliphatic rings. The van der Waals surface area contributed by atoms with Crippen LogP contribution in [0.15, 0.2) is 36.4 Å². The van der Waals surface area contributed by atoms with E-state index in [0.717, 1.165) is 25.0 Å². The first-order valence-electron chi connectivity index (χ1n) is 10.9. The van der Waals surface area contributed by atoms with Crippen molar-refractivity contribution in [1.82, 2.24) is 4.90 Å². The minimum absolute atomic E-state index is 0.149. The molecular formula is C24H24F5NO3. The van der Waals surface area contributed by atoms with Crippen LogP contribution in [0.5, 0.6) is 5.75 Å². The van der Waals surface area contributed by atoms with Crippen LogP contribution in [0.4, 0.5) is 22.0 Å². The van der Waals surface area contributed by atoms with E-state index in [2.05, 4.69) is 0 Å². The molecule has 1 aliphatic carbocycles. The maximum absolute atomic E-state index is 14.7. The van der Waals surface area contributed by atoms with Gasteiger partial charge < -0.3 is 9.84 Å². The average Bonchev–Trinajstić information content (AvgIpc) is 3.25. The van der Waals surface area contributed by atoms with Crippen molar-refractivity contribution in [3.63, 3.8) is 0 Å². The highest BCUT2D eigenvalue weighted by molar-refractivity contribution is 5.71. The van der Waals surface area contributed by atoms with Gasteiger partial charge in [0.2, 0.25) is 0 Å². The first-order chi connectivity index (χ1) is 15.6. The van der Waals surface area contributed by atoms with Crippen LogP contribution in [0.2, 0.25) is 0 Å². The Balaban J connectivity index is 1.45. The molecule has 1 saturated carbocycles. The van der Waals surface area contributed by atoms with Gasteiger partial charge in [0, 0.05) is 36.8 Å². The first kappa shape index (κ1) is 23.5. The van der Waals surface area contributed by atoms with E-state index in [0.29, 0.717) is 31.5 Å². The fraction of sp³-hybridized carbons (Fsp3) is 0.458. The van der Waals surface area contributed by atoms with E-state index in [1.54, 1.807) is 4.90 Å². The summed E-state index contributed by atoms with van der Waals surface area (Å²) in [5.74, 6) is -2.36. The number of nitrogens with zero attached hydrogens (tertiary/aromatic N) is 1. The van der Waals surface area contributed by atoms with Gasteiger partial charge in [0.1, 0.15) is 11.6 Å². The van der Waals surface area contributed by atoms with Crippen LogP contribution in [0.1, 0.15) is 60.2 Å². The summed E-state index contributed by atoms with van der Waals surface area (Å²) in [5.41, 5.74) is -0.660. The number of likely N-dealkylation sites (tertiary alicyclic amines) is 1. The SMILES string of the molecule is O=C(O)C1CN(Cc2ccc(OC(F)c3ccc(C4CCCC4)c(C(F)(F)F)c3)cc2F)C1. The van der Waals surface area contributed by atoms with Gasteiger partial charge in [-0.1, -0.05) is 31.0 Å². The Labute approximate surface area is 188 Å². The Morgan fingerprint density at radius 1 is 1.12 bits per heavy atom. The Morgan fingerprint density at radius 3 is 2.42 bits per heavy atom. The number of halogens is 5. The smallest absolute Gasteiger partial charge is 0.416 e. The molecule has 178 valence electrons. The summed E-state index contributed by atoms with van der Waals surface area (Å²) >= 11 is 0. The van der Waals surface area contributed by atoms with Crippen molar-refractivity contribution in [3.05, 3.63) is 64.5 Å². The highest BCUT2D eigenvalue weighted by atomic mass is 19.4. The third kappa shape index (κ3) is 5.29. The van der Waals surface area contributed by atoms with Gasteiger partial charge >= 0.3 is 12.1 Å². The fourth-order valence-corrected chi connectivity index (χ4v) is 4.57. The van der Waals surface area contributed by atoms with Gasteiger partial charge in [-0.05, 0) is 36.5 Å². The summed E-state index contributed by atoms with van der Waals surface area (Å²) in [7, 11) is 0. The highest BCUT2D eigenvalue weighted by Gasteiger charge is 2.37. The molecule has 1 N–H and O–H groups in total. The molecule has 9 heteroatoms. The zero-order valence-corrected chi connectivity index (χ0v) is 17.7. The van der Waals surface area contributed by atoms with Crippen LogP contribution in [0.3, 0.4) is 0 Å². The maximum atomic E-state index is 14.7. The van der Waals surface area contributed by atoms with Crippen molar-refractivity contribution in [2.45, 2.75) is 50.7 Å². The Kier molecular flexibility index (Phi) is 6.61. The fourth-order valence-electron chi connectivity index (χ4n) is 4.57. The molecule has 1 unspecified atom stereocenters. The van der Waals surface area contributed by atoms with E-state index in [4.69, 9.17) is 9.84 Å². The van der Waals surface area contributed by atoms with Gasteiger partial charge in [-0.25, -0.2) is 4.39 Å². The molecule has 1 saturated heterocycles. The van der Waals surface area contributed by atoms with Gasteiger partial charge in [0.25, 0.3) is 6.36 Å². The molecule has 0 radical (unpaired) electrons. The molecular weight excluding hydrogens is 445 g/mol. The van der Waals surface area contributed by atoms with E-state index in [-0.39, 0.29) is 29.3 Å². The number of ether oxygens (including phenoxy) is 1. The van der Waals surface area contributed by atoms with E-state index in [1.165, 1.54) is 24.3 Å². The van der Waals surface area contributed by atoms with Gasteiger partial charge in [0.05, 0.1) is 11.5 Å². The highest BCUT2D eigenvalue weighted by Crippen LogP contribution is 2.42. The number of rotatable bonds is 7. The standard InChI is InChI=1S/C24H24F5NO3/c25-21-10-18(7-5-16(21)11-30-12-17(13-30)23(31)32)33-22(26)15-6-8-19(14-3-1-2-4-14)20(9-15)24(27,28)29/h5-10,14,17,22H,1-4,11-13H2,(H,31,32). The number of hydrogen-bond donors (Lipinski definition) is 1. The summed E-state index contributed by atoms with van der Waals surface area (Å²) < 4.78 is 75.2. The molecule has 1 aliphatic heterocycles. The zero-order chi connectivity index (χ0) is 23.8. The molecule has 0 aromatic heterocycles. The largest absolute Gasteiger partial charge is 0.481 e. The summed E-state index contributed by atoms with van der Waals surface area (Å²) in [6.45, 7) is 0.836. The number of alkyl halides is 4. The third-order valence-electron chi connectivity index (χ3n) is 6.40. The predicted molar refractivity (Wildman–Crippen MR) is 110 cm³/mol. The summed E-state index contributed by atoms with van der Waals surface area (Å²) in [4.78, 5) is 12.6. The van der Waals surface area contributed by atoms with Crippen LogP contribution in [-0.4, -0.2) is 29.1 Å². The quantitative estimate of drug-likeness (QED) is 0.501. The molecule has 2 aromatic rings. The molecule has 0 spiro atoms. The topological polar surface area (TPSA) is 49.8 Å². The maximum Gasteiger partial charge on any atom is 0.416 e. The second-order valence-electron chi connectivity index (χ2n) is 8.74. The van der Waals surface area contributed by atoms with Crippen LogP contribution < -0.4 is 4.74 Å². The second kappa shape index (κ2) is 9.29. The van der Waals surface area contributed by atoms with Crippen molar-refractivity contribution in [2.24, 2.45) is 5.92 Å². The van der Waals surface area contributed by atoms with E-state index < -0.39 is 35.8 Å². The molecule has 0 bridgehead atoms. The number of carboxylic acids is 1. The number of aliphatic carboxylic acids is 1. The summed E-state index contributed by atoms with van der Waals surface area (Å²) in [5, 5.41) is 8.90. The lowest BCUT2D eigenvalue weighted by atomic mass is 9.91. The van der Waals surface area contributed by atoms with E-state index in [1.807, 2.05) is 0 Å². The molecule has 2 aromatic carbocycles. The van der Waals surface area contributed by atoms with Crippen LogP contribution in [0.25, 0.3) is 0 Å². The van der Waals surface area contributed by atoms with Crippen LogP contribution in [-0.2, 0) is 17.5 Å². The number of carbonyl (C=O) groups is 1. The molecule has 0 amide bonds. The van der Waals surface area contributed by atoms with Crippen LogP contribution >= 0.6 is 0 Å². The zero-order valence-electron chi connectivity index (χ0n) is 17.7. The van der Waals surface area contributed by atoms with E-state index >= 15 is 0 Å². The Morgan fingerprint density at radius 2 is 1.82 bits per heavy atom. The lowest BCUT2D eigenvalue weighted by Gasteiger charge is -2.36. The number of benzene rings is 2. The molecule has 1 heterocycles. The number of carboxylic acid groups (broad SMARTS) is 1. The Bertz CT molecular complexity index is 1010. The monoisotopic (exact) mass is 469 g/mol.